The van der Waals surface area contributed by atoms with E-state index in [0.29, 0.717) is 5.02 Å². The van der Waals surface area contributed by atoms with Crippen LogP contribution in [0.2, 0.25) is 5.02 Å². The molecule has 2 rings (SSSR count). The van der Waals surface area contributed by atoms with Gasteiger partial charge in [0.2, 0.25) is 0 Å². The normalized spacial score (nSPS) is 11.9. The third kappa shape index (κ3) is 3.40. The molecule has 1 unspecified atom stereocenters. The largest absolute Gasteiger partial charge is 0.378 e. The van der Waals surface area contributed by atoms with Crippen LogP contribution < -0.4 is 5.32 Å². The molecule has 1 N–H and O–H groups in total. The minimum absolute atomic E-state index is 0.0127. The monoisotopic (exact) mass is 402 g/mol. The van der Waals surface area contributed by atoms with Crippen LogP contribution in [-0.4, -0.2) is 4.92 Å². The standard InChI is InChI=1S/C14H12ClIN2O2/c1-9(11-4-2-3-5-12(11)15)17-14-7-6-10(18(19)20)8-13(14)16/h2-9,17H,1H3. The Morgan fingerprint density at radius 1 is 1.30 bits per heavy atom. The Kier molecular flexibility index (Phi) is 4.82. The SMILES string of the molecule is CC(Nc1ccc([N+](=O)[O-])cc1I)c1ccccc1Cl. The van der Waals surface area contributed by atoms with Crippen LogP contribution in [0.25, 0.3) is 0 Å². The molecular formula is C14H12ClIN2O2. The first-order valence-corrected chi connectivity index (χ1v) is 7.39. The summed E-state index contributed by atoms with van der Waals surface area (Å²) >= 11 is 8.24. The van der Waals surface area contributed by atoms with Gasteiger partial charge in [-0.25, -0.2) is 0 Å². The van der Waals surface area contributed by atoms with Gasteiger partial charge in [-0.05, 0) is 47.2 Å². The fourth-order valence-electron chi connectivity index (χ4n) is 1.87. The summed E-state index contributed by atoms with van der Waals surface area (Å²) in [5.74, 6) is 0. The first-order valence-electron chi connectivity index (χ1n) is 5.94. The highest BCUT2D eigenvalue weighted by Gasteiger charge is 2.13. The third-order valence-corrected chi connectivity index (χ3v) is 4.14. The molecule has 0 amide bonds. The smallest absolute Gasteiger partial charge is 0.270 e. The molecule has 1 atom stereocenters. The molecular weight excluding hydrogens is 391 g/mol. The maximum atomic E-state index is 10.7. The van der Waals surface area contributed by atoms with Crippen molar-refractivity contribution in [3.8, 4) is 0 Å². The van der Waals surface area contributed by atoms with Crippen LogP contribution in [0.1, 0.15) is 18.5 Å². The number of hydrogen-bond donors (Lipinski definition) is 1. The van der Waals surface area contributed by atoms with Crippen LogP contribution in [-0.2, 0) is 0 Å². The summed E-state index contributed by atoms with van der Waals surface area (Å²) in [5.41, 5.74) is 1.93. The van der Waals surface area contributed by atoms with Crippen molar-refractivity contribution >= 4 is 45.6 Å². The molecule has 104 valence electrons. The second-order valence-corrected chi connectivity index (χ2v) is 5.88. The Morgan fingerprint density at radius 3 is 2.60 bits per heavy atom. The molecule has 0 aliphatic carbocycles. The highest BCUT2D eigenvalue weighted by atomic mass is 127. The minimum Gasteiger partial charge on any atom is -0.378 e. The first-order chi connectivity index (χ1) is 9.49. The lowest BCUT2D eigenvalue weighted by Gasteiger charge is -2.18. The van der Waals surface area contributed by atoms with Gasteiger partial charge in [-0.2, -0.15) is 0 Å². The molecule has 6 heteroatoms. The summed E-state index contributed by atoms with van der Waals surface area (Å²) in [7, 11) is 0. The first kappa shape index (κ1) is 15.1. The van der Waals surface area contributed by atoms with E-state index in [9.17, 15) is 10.1 Å². The fraction of sp³-hybridized carbons (Fsp3) is 0.143. The van der Waals surface area contributed by atoms with Crippen LogP contribution in [0.5, 0.6) is 0 Å². The zero-order valence-corrected chi connectivity index (χ0v) is 13.6. The predicted molar refractivity (Wildman–Crippen MR) is 89.3 cm³/mol. The Morgan fingerprint density at radius 2 is 2.00 bits per heavy atom. The average molecular weight is 403 g/mol. The van der Waals surface area contributed by atoms with E-state index in [1.807, 2.05) is 31.2 Å². The second kappa shape index (κ2) is 6.41. The molecule has 0 bridgehead atoms. The van der Waals surface area contributed by atoms with Gasteiger partial charge < -0.3 is 5.32 Å². The van der Waals surface area contributed by atoms with E-state index in [0.717, 1.165) is 14.8 Å². The summed E-state index contributed by atoms with van der Waals surface area (Å²) in [6.45, 7) is 2.00. The number of nitrogens with zero attached hydrogens (tertiary/aromatic N) is 1. The number of nitrogens with one attached hydrogen (secondary N) is 1. The van der Waals surface area contributed by atoms with E-state index in [1.165, 1.54) is 6.07 Å². The Balaban J connectivity index is 2.22. The predicted octanol–water partition coefficient (Wildman–Crippen LogP) is 5.03. The Bertz CT molecular complexity index is 649. The van der Waals surface area contributed by atoms with Gasteiger partial charge in [0.25, 0.3) is 5.69 Å². The van der Waals surface area contributed by atoms with Gasteiger partial charge in [0.05, 0.1) is 11.0 Å². The summed E-state index contributed by atoms with van der Waals surface area (Å²) in [4.78, 5) is 10.3. The summed E-state index contributed by atoms with van der Waals surface area (Å²) in [6, 6.07) is 12.4. The highest BCUT2D eigenvalue weighted by molar-refractivity contribution is 14.1. The summed E-state index contributed by atoms with van der Waals surface area (Å²) in [6.07, 6.45) is 0. The van der Waals surface area contributed by atoms with Crippen molar-refractivity contribution in [3.05, 3.63) is 66.7 Å². The van der Waals surface area contributed by atoms with Gasteiger partial charge in [0.15, 0.2) is 0 Å². The van der Waals surface area contributed by atoms with Gasteiger partial charge in [-0.15, -0.1) is 0 Å². The maximum Gasteiger partial charge on any atom is 0.270 e. The molecule has 0 aliphatic heterocycles. The number of hydrogen-bond acceptors (Lipinski definition) is 3. The molecule has 4 nitrogen and oxygen atoms in total. The van der Waals surface area contributed by atoms with Crippen molar-refractivity contribution < 1.29 is 4.92 Å². The molecule has 20 heavy (non-hydrogen) atoms. The van der Waals surface area contributed by atoms with E-state index in [-0.39, 0.29) is 11.7 Å². The molecule has 0 radical (unpaired) electrons. The van der Waals surface area contributed by atoms with Crippen molar-refractivity contribution in [1.29, 1.82) is 0 Å². The second-order valence-electron chi connectivity index (χ2n) is 4.31. The summed E-state index contributed by atoms with van der Waals surface area (Å²) < 4.78 is 0.802. The number of nitro groups is 1. The van der Waals surface area contributed by atoms with Crippen molar-refractivity contribution in [2.24, 2.45) is 0 Å². The van der Waals surface area contributed by atoms with Crippen molar-refractivity contribution in [2.75, 3.05) is 5.32 Å². The van der Waals surface area contributed by atoms with E-state index in [2.05, 4.69) is 27.9 Å². The molecule has 0 saturated heterocycles. The molecule has 0 heterocycles. The van der Waals surface area contributed by atoms with Crippen LogP contribution in [0.15, 0.2) is 42.5 Å². The van der Waals surface area contributed by atoms with Crippen LogP contribution in [0.4, 0.5) is 11.4 Å². The quantitative estimate of drug-likeness (QED) is 0.443. The number of halogens is 2. The molecule has 0 aliphatic rings. The molecule has 0 spiro atoms. The fourth-order valence-corrected chi connectivity index (χ4v) is 2.83. The van der Waals surface area contributed by atoms with E-state index in [4.69, 9.17) is 11.6 Å². The number of nitro benzene ring substituents is 1. The average Bonchev–Trinajstić information content (AvgIpc) is 2.41. The van der Waals surface area contributed by atoms with Gasteiger partial charge in [-0.1, -0.05) is 29.8 Å². The van der Waals surface area contributed by atoms with E-state index in [1.54, 1.807) is 12.1 Å². The Labute approximate surface area is 135 Å². The molecule has 0 saturated carbocycles. The maximum absolute atomic E-state index is 10.7. The van der Waals surface area contributed by atoms with Gasteiger partial charge in [0, 0.05) is 26.4 Å². The topological polar surface area (TPSA) is 55.2 Å². The zero-order chi connectivity index (χ0) is 14.7. The number of benzene rings is 2. The van der Waals surface area contributed by atoms with Crippen molar-refractivity contribution in [1.82, 2.24) is 0 Å². The molecule has 2 aromatic carbocycles. The number of anilines is 1. The number of non-ortho nitro benzene ring substituents is 1. The lowest BCUT2D eigenvalue weighted by Crippen LogP contribution is -2.08. The van der Waals surface area contributed by atoms with Crippen molar-refractivity contribution in [2.45, 2.75) is 13.0 Å². The third-order valence-electron chi connectivity index (χ3n) is 2.91. The van der Waals surface area contributed by atoms with Crippen molar-refractivity contribution in [3.63, 3.8) is 0 Å². The van der Waals surface area contributed by atoms with E-state index >= 15 is 0 Å². The molecule has 0 aromatic heterocycles. The Hall–Kier alpha value is -1.34. The van der Waals surface area contributed by atoms with Crippen LogP contribution >= 0.6 is 34.2 Å². The molecule has 2 aromatic rings. The number of rotatable bonds is 4. The van der Waals surface area contributed by atoms with Gasteiger partial charge in [-0.3, -0.25) is 10.1 Å². The van der Waals surface area contributed by atoms with E-state index < -0.39 is 4.92 Å². The van der Waals surface area contributed by atoms with Crippen LogP contribution in [0.3, 0.4) is 0 Å². The summed E-state index contributed by atoms with van der Waals surface area (Å²) in [5, 5.41) is 14.7. The van der Waals surface area contributed by atoms with Gasteiger partial charge >= 0.3 is 0 Å². The molecule has 0 fully saturated rings. The van der Waals surface area contributed by atoms with Gasteiger partial charge in [0.1, 0.15) is 0 Å². The zero-order valence-electron chi connectivity index (χ0n) is 10.6. The minimum atomic E-state index is -0.399. The van der Waals surface area contributed by atoms with Crippen LogP contribution in [0, 0.1) is 13.7 Å². The lowest BCUT2D eigenvalue weighted by molar-refractivity contribution is -0.384. The highest BCUT2D eigenvalue weighted by Crippen LogP contribution is 2.29. The lowest BCUT2D eigenvalue weighted by atomic mass is 10.1.